The number of benzene rings is 1. The summed E-state index contributed by atoms with van der Waals surface area (Å²) >= 11 is 3.48. The summed E-state index contributed by atoms with van der Waals surface area (Å²) in [5.74, 6) is 0.268. The second-order valence-electron chi connectivity index (χ2n) is 4.74. The van der Waals surface area contributed by atoms with Gasteiger partial charge >= 0.3 is 0 Å². The lowest BCUT2D eigenvalue weighted by Crippen LogP contribution is -2.40. The average molecular weight is 312 g/mol. The Balaban J connectivity index is 2.49. The molecule has 2 nitrogen and oxygen atoms in total. The number of alkyl halides is 1. The van der Waals surface area contributed by atoms with Crippen molar-refractivity contribution in [1.29, 1.82) is 0 Å². The summed E-state index contributed by atoms with van der Waals surface area (Å²) in [5, 5.41) is 3.90. The molecule has 0 aliphatic rings. The van der Waals surface area contributed by atoms with E-state index in [0.29, 0.717) is 0 Å². The molecule has 18 heavy (non-hydrogen) atoms. The molecule has 0 bridgehead atoms. The van der Waals surface area contributed by atoms with Crippen LogP contribution >= 0.6 is 15.9 Å². The highest BCUT2D eigenvalue weighted by atomic mass is 79.9. The van der Waals surface area contributed by atoms with Gasteiger partial charge in [0.1, 0.15) is 0 Å². The lowest BCUT2D eigenvalue weighted by molar-refractivity contribution is -0.125. The van der Waals surface area contributed by atoms with Crippen LogP contribution in [0.25, 0.3) is 0 Å². The van der Waals surface area contributed by atoms with Crippen molar-refractivity contribution >= 4 is 21.8 Å². The molecule has 1 aromatic carbocycles. The third kappa shape index (κ3) is 5.21. The Hall–Kier alpha value is -0.830. The minimum Gasteiger partial charge on any atom is -0.352 e. The van der Waals surface area contributed by atoms with Crippen LogP contribution in [0.15, 0.2) is 30.3 Å². The van der Waals surface area contributed by atoms with E-state index in [1.54, 1.807) is 0 Å². The largest absolute Gasteiger partial charge is 0.352 e. The van der Waals surface area contributed by atoms with Crippen molar-refractivity contribution in [2.45, 2.75) is 39.2 Å². The first-order valence-corrected chi connectivity index (χ1v) is 7.69. The molecule has 1 amide bonds. The number of nitrogens with one attached hydrogen (secondary N) is 1. The fourth-order valence-corrected chi connectivity index (χ4v) is 2.34. The van der Waals surface area contributed by atoms with Gasteiger partial charge in [-0.15, -0.1) is 0 Å². The minimum absolute atomic E-state index is 0.104. The normalized spacial score (nSPS) is 13.9. The molecule has 1 rings (SSSR count). The lowest BCUT2D eigenvalue weighted by Gasteiger charge is -2.19. The maximum Gasteiger partial charge on any atom is 0.223 e. The van der Waals surface area contributed by atoms with Gasteiger partial charge in [0, 0.05) is 17.3 Å². The van der Waals surface area contributed by atoms with Crippen molar-refractivity contribution in [3.8, 4) is 0 Å². The second-order valence-corrected chi connectivity index (χ2v) is 5.39. The summed E-state index contributed by atoms with van der Waals surface area (Å²) < 4.78 is 0. The molecule has 0 fully saturated rings. The fraction of sp³-hybridized carbons (Fsp3) is 0.533. The number of carbonyl (C=O) groups is 1. The molecule has 0 spiro atoms. The van der Waals surface area contributed by atoms with E-state index in [9.17, 15) is 4.79 Å². The van der Waals surface area contributed by atoms with E-state index in [4.69, 9.17) is 0 Å². The Morgan fingerprint density at radius 1 is 1.33 bits per heavy atom. The monoisotopic (exact) mass is 311 g/mol. The quantitative estimate of drug-likeness (QED) is 0.767. The maximum atomic E-state index is 12.0. The maximum absolute atomic E-state index is 12.0. The Kier molecular flexibility index (Phi) is 7.02. The van der Waals surface area contributed by atoms with Crippen LogP contribution < -0.4 is 5.32 Å². The highest BCUT2D eigenvalue weighted by Crippen LogP contribution is 2.09. The van der Waals surface area contributed by atoms with Crippen LogP contribution in [-0.4, -0.2) is 17.3 Å². The van der Waals surface area contributed by atoms with Crippen LogP contribution in [0.3, 0.4) is 0 Å². The zero-order valence-electron chi connectivity index (χ0n) is 11.2. The Bertz CT molecular complexity index is 353. The van der Waals surface area contributed by atoms with Gasteiger partial charge in [-0.05, 0) is 18.4 Å². The zero-order valence-corrected chi connectivity index (χ0v) is 12.7. The summed E-state index contributed by atoms with van der Waals surface area (Å²) in [4.78, 5) is 12.0. The van der Waals surface area contributed by atoms with Crippen LogP contribution in [0.5, 0.6) is 0 Å². The molecule has 0 aliphatic heterocycles. The molecule has 1 aromatic rings. The highest BCUT2D eigenvalue weighted by molar-refractivity contribution is 9.09. The molecule has 1 N–H and O–H groups in total. The standard InChI is InChI=1S/C15H22BrNO/c1-3-7-12(2)15(18)17-14(11-16)10-13-8-5-4-6-9-13/h4-6,8-9,12,14H,3,7,10-11H2,1-2H3,(H,17,18). The number of halogens is 1. The van der Waals surface area contributed by atoms with Gasteiger partial charge in [-0.1, -0.05) is 66.5 Å². The number of hydrogen-bond donors (Lipinski definition) is 1. The molecular weight excluding hydrogens is 290 g/mol. The van der Waals surface area contributed by atoms with Crippen LogP contribution in [-0.2, 0) is 11.2 Å². The van der Waals surface area contributed by atoms with Crippen molar-refractivity contribution < 1.29 is 4.79 Å². The molecule has 0 saturated heterocycles. The Morgan fingerprint density at radius 3 is 2.56 bits per heavy atom. The summed E-state index contributed by atoms with van der Waals surface area (Å²) in [6, 6.07) is 10.4. The zero-order chi connectivity index (χ0) is 13.4. The smallest absolute Gasteiger partial charge is 0.223 e. The summed E-state index contributed by atoms with van der Waals surface area (Å²) in [5.41, 5.74) is 1.25. The molecular formula is C15H22BrNO. The molecule has 3 heteroatoms. The first-order chi connectivity index (χ1) is 8.67. The second kappa shape index (κ2) is 8.30. The minimum atomic E-state index is 0.104. The van der Waals surface area contributed by atoms with E-state index < -0.39 is 0 Å². The molecule has 0 radical (unpaired) electrons. The van der Waals surface area contributed by atoms with Crippen LogP contribution in [0, 0.1) is 5.92 Å². The number of hydrogen-bond acceptors (Lipinski definition) is 1. The predicted octanol–water partition coefficient (Wildman–Crippen LogP) is 3.55. The highest BCUT2D eigenvalue weighted by Gasteiger charge is 2.16. The van der Waals surface area contributed by atoms with Gasteiger partial charge in [-0.25, -0.2) is 0 Å². The van der Waals surface area contributed by atoms with Crippen molar-refractivity contribution in [3.63, 3.8) is 0 Å². The molecule has 0 saturated carbocycles. The number of carbonyl (C=O) groups excluding carboxylic acids is 1. The predicted molar refractivity (Wildman–Crippen MR) is 79.9 cm³/mol. The average Bonchev–Trinajstić information content (AvgIpc) is 2.39. The summed E-state index contributed by atoms with van der Waals surface area (Å²) in [6.07, 6.45) is 2.87. The van der Waals surface area contributed by atoms with E-state index in [-0.39, 0.29) is 17.9 Å². The van der Waals surface area contributed by atoms with Gasteiger partial charge in [0.25, 0.3) is 0 Å². The first-order valence-electron chi connectivity index (χ1n) is 6.57. The lowest BCUT2D eigenvalue weighted by atomic mass is 10.0. The Labute approximate surface area is 118 Å². The molecule has 2 atom stereocenters. The van der Waals surface area contributed by atoms with Crippen molar-refractivity contribution in [1.82, 2.24) is 5.32 Å². The summed E-state index contributed by atoms with van der Waals surface area (Å²) in [7, 11) is 0. The van der Waals surface area contributed by atoms with E-state index in [1.165, 1.54) is 5.56 Å². The number of amides is 1. The topological polar surface area (TPSA) is 29.1 Å². The first kappa shape index (κ1) is 15.2. The fourth-order valence-electron chi connectivity index (χ4n) is 1.95. The molecule has 0 aromatic heterocycles. The van der Waals surface area contributed by atoms with E-state index in [1.807, 2.05) is 25.1 Å². The summed E-state index contributed by atoms with van der Waals surface area (Å²) in [6.45, 7) is 4.10. The van der Waals surface area contributed by atoms with Gasteiger partial charge in [-0.2, -0.15) is 0 Å². The van der Waals surface area contributed by atoms with Gasteiger partial charge in [0.05, 0.1) is 0 Å². The third-order valence-corrected chi connectivity index (χ3v) is 3.81. The van der Waals surface area contributed by atoms with E-state index in [2.05, 4.69) is 40.3 Å². The van der Waals surface area contributed by atoms with Gasteiger partial charge in [-0.3, -0.25) is 4.79 Å². The van der Waals surface area contributed by atoms with Gasteiger partial charge in [0.15, 0.2) is 0 Å². The molecule has 0 aliphatic carbocycles. The van der Waals surface area contributed by atoms with E-state index >= 15 is 0 Å². The van der Waals surface area contributed by atoms with Gasteiger partial charge < -0.3 is 5.32 Å². The van der Waals surface area contributed by atoms with Crippen LogP contribution in [0.1, 0.15) is 32.3 Å². The van der Waals surface area contributed by atoms with Crippen molar-refractivity contribution in [2.24, 2.45) is 5.92 Å². The SMILES string of the molecule is CCCC(C)C(=O)NC(CBr)Cc1ccccc1. The van der Waals surface area contributed by atoms with E-state index in [0.717, 1.165) is 24.6 Å². The molecule has 2 unspecified atom stereocenters. The van der Waals surface area contributed by atoms with Crippen molar-refractivity contribution in [2.75, 3.05) is 5.33 Å². The third-order valence-electron chi connectivity index (χ3n) is 3.03. The van der Waals surface area contributed by atoms with Crippen molar-refractivity contribution in [3.05, 3.63) is 35.9 Å². The van der Waals surface area contributed by atoms with Gasteiger partial charge in [0.2, 0.25) is 5.91 Å². The van der Waals surface area contributed by atoms with Crippen LogP contribution in [0.4, 0.5) is 0 Å². The molecule has 100 valence electrons. The Morgan fingerprint density at radius 2 is 2.00 bits per heavy atom. The van der Waals surface area contributed by atoms with Crippen LogP contribution in [0.2, 0.25) is 0 Å². The molecule has 0 heterocycles. The number of rotatable bonds is 7.